The van der Waals surface area contributed by atoms with Gasteiger partial charge in [-0.1, -0.05) is 6.92 Å². The number of nitrogens with one attached hydrogen (secondary N) is 2. The Kier molecular flexibility index (Phi) is 4.45. The van der Waals surface area contributed by atoms with Crippen molar-refractivity contribution >= 4 is 10.0 Å². The minimum Gasteiger partial charge on any atom is -0.347 e. The lowest BCUT2D eigenvalue weighted by molar-refractivity contribution is 0.542. The molecule has 0 aliphatic heterocycles. The van der Waals surface area contributed by atoms with Crippen LogP contribution in [0.5, 0.6) is 0 Å². The lowest BCUT2D eigenvalue weighted by Gasteiger charge is -2.17. The molecule has 7 heteroatoms. The Hall–Kier alpha value is -0.920. The lowest BCUT2D eigenvalue weighted by Crippen LogP contribution is -2.40. The average Bonchev–Trinajstić information content (AvgIpc) is 2.70. The highest BCUT2D eigenvalue weighted by Gasteiger charge is 2.25. The van der Waals surface area contributed by atoms with E-state index in [0.29, 0.717) is 12.2 Å². The van der Waals surface area contributed by atoms with Gasteiger partial charge in [-0.2, -0.15) is 0 Å². The first kappa shape index (κ1) is 13.1. The standard InChI is InChI=1S/C9H18N4O2S/c1-3-8(6-10)16(14,15)13-7(2)9-11-4-5-12-9/h4-5,7-8,13H,3,6,10H2,1-2H3,(H,11,12). The molecule has 0 bridgehead atoms. The van der Waals surface area contributed by atoms with Crippen molar-refractivity contribution < 1.29 is 8.42 Å². The number of imidazole rings is 1. The quantitative estimate of drug-likeness (QED) is 0.664. The number of aromatic nitrogens is 2. The fourth-order valence-corrected chi connectivity index (χ4v) is 2.91. The number of nitrogens with two attached hydrogens (primary N) is 1. The molecule has 0 radical (unpaired) electrons. The van der Waals surface area contributed by atoms with Crippen molar-refractivity contribution in [2.24, 2.45) is 5.73 Å². The van der Waals surface area contributed by atoms with Crippen LogP contribution < -0.4 is 10.5 Å². The summed E-state index contributed by atoms with van der Waals surface area (Å²) in [6, 6.07) is -0.374. The smallest absolute Gasteiger partial charge is 0.216 e. The summed E-state index contributed by atoms with van der Waals surface area (Å²) in [5.41, 5.74) is 5.42. The summed E-state index contributed by atoms with van der Waals surface area (Å²) in [7, 11) is -3.38. The first-order valence-corrected chi connectivity index (χ1v) is 6.76. The van der Waals surface area contributed by atoms with Crippen molar-refractivity contribution in [3.8, 4) is 0 Å². The van der Waals surface area contributed by atoms with E-state index in [1.54, 1.807) is 26.2 Å². The maximum atomic E-state index is 11.9. The van der Waals surface area contributed by atoms with Gasteiger partial charge in [0.05, 0.1) is 11.3 Å². The lowest BCUT2D eigenvalue weighted by atomic mass is 10.3. The maximum Gasteiger partial charge on any atom is 0.216 e. The van der Waals surface area contributed by atoms with Crippen LogP contribution in [0, 0.1) is 0 Å². The molecule has 0 aliphatic rings. The van der Waals surface area contributed by atoms with E-state index in [9.17, 15) is 8.42 Å². The van der Waals surface area contributed by atoms with Gasteiger partial charge in [-0.25, -0.2) is 18.1 Å². The predicted octanol–water partition coefficient (Wildman–Crippen LogP) is 0.127. The fraction of sp³-hybridized carbons (Fsp3) is 0.667. The summed E-state index contributed by atoms with van der Waals surface area (Å²) >= 11 is 0. The molecule has 6 nitrogen and oxygen atoms in total. The second-order valence-corrected chi connectivity index (χ2v) is 5.62. The number of H-pyrrole nitrogens is 1. The third-order valence-electron chi connectivity index (χ3n) is 2.43. The second-order valence-electron chi connectivity index (χ2n) is 3.62. The topological polar surface area (TPSA) is 101 Å². The third-order valence-corrected chi connectivity index (χ3v) is 4.51. The molecular formula is C9H18N4O2S. The van der Waals surface area contributed by atoms with Gasteiger partial charge in [-0.3, -0.25) is 0 Å². The molecule has 2 unspecified atom stereocenters. The van der Waals surface area contributed by atoms with Crippen LogP contribution in [0.1, 0.15) is 32.1 Å². The molecule has 1 aromatic rings. The summed E-state index contributed by atoms with van der Waals surface area (Å²) in [6.07, 6.45) is 3.73. The fourth-order valence-electron chi connectivity index (χ4n) is 1.43. The van der Waals surface area contributed by atoms with Gasteiger partial charge < -0.3 is 10.7 Å². The average molecular weight is 246 g/mol. The van der Waals surface area contributed by atoms with Gasteiger partial charge in [0.25, 0.3) is 0 Å². The van der Waals surface area contributed by atoms with E-state index < -0.39 is 15.3 Å². The van der Waals surface area contributed by atoms with Gasteiger partial charge in [0.1, 0.15) is 5.82 Å². The van der Waals surface area contributed by atoms with Crippen LogP contribution in [0.2, 0.25) is 0 Å². The highest BCUT2D eigenvalue weighted by Crippen LogP contribution is 2.11. The Morgan fingerprint density at radius 2 is 2.31 bits per heavy atom. The van der Waals surface area contributed by atoms with Crippen LogP contribution in [0.25, 0.3) is 0 Å². The van der Waals surface area contributed by atoms with Gasteiger partial charge in [0, 0.05) is 18.9 Å². The van der Waals surface area contributed by atoms with Crippen LogP contribution in [0.15, 0.2) is 12.4 Å². The highest BCUT2D eigenvalue weighted by molar-refractivity contribution is 7.90. The Morgan fingerprint density at radius 3 is 2.75 bits per heavy atom. The van der Waals surface area contributed by atoms with Crippen LogP contribution in [0.4, 0.5) is 0 Å². The van der Waals surface area contributed by atoms with Crippen molar-refractivity contribution in [1.82, 2.24) is 14.7 Å². The predicted molar refractivity (Wildman–Crippen MR) is 62.2 cm³/mol. The molecule has 1 aromatic heterocycles. The Labute approximate surface area is 95.7 Å². The largest absolute Gasteiger partial charge is 0.347 e. The summed E-state index contributed by atoms with van der Waals surface area (Å²) in [5.74, 6) is 0.593. The van der Waals surface area contributed by atoms with E-state index in [1.165, 1.54) is 0 Å². The molecule has 0 fully saturated rings. The van der Waals surface area contributed by atoms with Gasteiger partial charge >= 0.3 is 0 Å². The summed E-state index contributed by atoms with van der Waals surface area (Å²) in [4.78, 5) is 6.86. The molecule has 0 amide bonds. The zero-order valence-electron chi connectivity index (χ0n) is 9.47. The van der Waals surface area contributed by atoms with Gasteiger partial charge in [-0.15, -0.1) is 0 Å². The molecule has 0 spiro atoms. The Balaban J connectivity index is 2.73. The van der Waals surface area contributed by atoms with Crippen molar-refractivity contribution in [1.29, 1.82) is 0 Å². The second kappa shape index (κ2) is 5.42. The van der Waals surface area contributed by atoms with E-state index >= 15 is 0 Å². The molecule has 16 heavy (non-hydrogen) atoms. The molecule has 92 valence electrons. The molecule has 1 heterocycles. The zero-order valence-corrected chi connectivity index (χ0v) is 10.3. The normalized spacial score (nSPS) is 15.9. The minimum atomic E-state index is -3.38. The van der Waals surface area contributed by atoms with Crippen LogP contribution in [0.3, 0.4) is 0 Å². The van der Waals surface area contributed by atoms with Gasteiger partial charge in [0.2, 0.25) is 10.0 Å². The van der Waals surface area contributed by atoms with E-state index in [2.05, 4.69) is 14.7 Å². The SMILES string of the molecule is CCC(CN)S(=O)(=O)NC(C)c1ncc[nH]1. The van der Waals surface area contributed by atoms with Crippen LogP contribution in [-0.4, -0.2) is 30.2 Å². The monoisotopic (exact) mass is 246 g/mol. The Morgan fingerprint density at radius 1 is 1.62 bits per heavy atom. The van der Waals surface area contributed by atoms with Crippen molar-refractivity contribution in [2.75, 3.05) is 6.54 Å². The molecule has 2 atom stereocenters. The van der Waals surface area contributed by atoms with E-state index in [-0.39, 0.29) is 12.6 Å². The van der Waals surface area contributed by atoms with E-state index in [0.717, 1.165) is 0 Å². The van der Waals surface area contributed by atoms with Crippen molar-refractivity contribution in [3.63, 3.8) is 0 Å². The molecule has 1 rings (SSSR count). The highest BCUT2D eigenvalue weighted by atomic mass is 32.2. The maximum absolute atomic E-state index is 11.9. The summed E-state index contributed by atoms with van der Waals surface area (Å²) in [6.45, 7) is 3.66. The summed E-state index contributed by atoms with van der Waals surface area (Å²) in [5, 5.41) is -0.551. The molecular weight excluding hydrogens is 228 g/mol. The zero-order chi connectivity index (χ0) is 12.2. The van der Waals surface area contributed by atoms with Crippen LogP contribution in [-0.2, 0) is 10.0 Å². The first-order chi connectivity index (χ1) is 7.51. The van der Waals surface area contributed by atoms with Crippen molar-refractivity contribution in [2.45, 2.75) is 31.6 Å². The first-order valence-electron chi connectivity index (χ1n) is 5.21. The summed E-state index contributed by atoms with van der Waals surface area (Å²) < 4.78 is 26.3. The third kappa shape index (κ3) is 3.03. The molecule has 0 saturated heterocycles. The number of nitrogens with zero attached hydrogens (tertiary/aromatic N) is 1. The number of aromatic amines is 1. The number of hydrogen-bond donors (Lipinski definition) is 3. The Bertz CT molecular complexity index is 397. The van der Waals surface area contributed by atoms with Crippen LogP contribution >= 0.6 is 0 Å². The van der Waals surface area contributed by atoms with Gasteiger partial charge in [-0.05, 0) is 13.3 Å². The van der Waals surface area contributed by atoms with Crippen molar-refractivity contribution in [3.05, 3.63) is 18.2 Å². The minimum absolute atomic E-state index is 0.122. The molecule has 0 aromatic carbocycles. The molecule has 0 aliphatic carbocycles. The molecule has 0 saturated carbocycles. The van der Waals surface area contributed by atoms with E-state index in [1.807, 2.05) is 0 Å². The van der Waals surface area contributed by atoms with Gasteiger partial charge in [0.15, 0.2) is 0 Å². The number of sulfonamides is 1. The molecule has 4 N–H and O–H groups in total. The number of rotatable bonds is 6. The van der Waals surface area contributed by atoms with E-state index in [4.69, 9.17) is 5.73 Å². The number of hydrogen-bond acceptors (Lipinski definition) is 4.